The molecule has 2 aromatic rings. The third kappa shape index (κ3) is 4.83. The molecule has 5 heteroatoms. The highest BCUT2D eigenvalue weighted by Gasteiger charge is 2.21. The van der Waals surface area contributed by atoms with Crippen LogP contribution in [0.3, 0.4) is 0 Å². The lowest BCUT2D eigenvalue weighted by molar-refractivity contribution is -0.117. The molecule has 0 aliphatic carbocycles. The number of nitrogens with one attached hydrogen (secondary N) is 1. The van der Waals surface area contributed by atoms with Crippen LogP contribution in [0, 0.1) is 0 Å². The minimum absolute atomic E-state index is 0.0682. The molecular formula is C20H23N3O2. The Bertz CT molecular complexity index is 731. The molecule has 1 aromatic heterocycles. The maximum Gasteiger partial charge on any atom is 0.244 e. The van der Waals surface area contributed by atoms with Crippen molar-refractivity contribution < 1.29 is 9.53 Å². The van der Waals surface area contributed by atoms with Crippen LogP contribution in [0.4, 0.5) is 5.69 Å². The van der Waals surface area contributed by atoms with Gasteiger partial charge in [-0.05, 0) is 42.7 Å². The zero-order valence-electron chi connectivity index (χ0n) is 14.4. The maximum atomic E-state index is 12.2. The van der Waals surface area contributed by atoms with Crippen LogP contribution in [-0.2, 0) is 4.79 Å². The molecule has 25 heavy (non-hydrogen) atoms. The van der Waals surface area contributed by atoms with Gasteiger partial charge in [0.2, 0.25) is 5.91 Å². The van der Waals surface area contributed by atoms with Gasteiger partial charge in [-0.25, -0.2) is 0 Å². The molecule has 1 aromatic carbocycles. The van der Waals surface area contributed by atoms with Crippen LogP contribution in [0.15, 0.2) is 54.9 Å². The highest BCUT2D eigenvalue weighted by Crippen LogP contribution is 2.24. The predicted octanol–water partition coefficient (Wildman–Crippen LogP) is 2.89. The van der Waals surface area contributed by atoms with Gasteiger partial charge >= 0.3 is 0 Å². The van der Waals surface area contributed by atoms with E-state index in [0.29, 0.717) is 0 Å². The highest BCUT2D eigenvalue weighted by atomic mass is 16.5. The van der Waals surface area contributed by atoms with Crippen LogP contribution < -0.4 is 15.0 Å². The topological polar surface area (TPSA) is 54.5 Å². The average Bonchev–Trinajstić information content (AvgIpc) is 2.67. The normalized spacial score (nSPS) is 17.5. The molecule has 0 unspecified atom stereocenters. The van der Waals surface area contributed by atoms with Crippen molar-refractivity contribution >= 4 is 17.7 Å². The Kier molecular flexibility index (Phi) is 5.67. The molecule has 1 aliphatic heterocycles. The molecule has 3 rings (SSSR count). The van der Waals surface area contributed by atoms with Crippen LogP contribution >= 0.6 is 0 Å². The van der Waals surface area contributed by atoms with Gasteiger partial charge in [-0.1, -0.05) is 12.1 Å². The second-order valence-corrected chi connectivity index (χ2v) is 6.11. The van der Waals surface area contributed by atoms with E-state index < -0.39 is 0 Å². The van der Waals surface area contributed by atoms with Crippen molar-refractivity contribution in [1.29, 1.82) is 0 Å². The molecule has 0 bridgehead atoms. The minimum Gasteiger partial charge on any atom is -0.497 e. The summed E-state index contributed by atoms with van der Waals surface area (Å²) in [5.74, 6) is 0.782. The molecule has 2 heterocycles. The third-order valence-electron chi connectivity index (χ3n) is 4.30. The summed E-state index contributed by atoms with van der Waals surface area (Å²) in [7, 11) is 1.67. The van der Waals surface area contributed by atoms with Crippen molar-refractivity contribution in [3.8, 4) is 5.75 Å². The number of hydrogen-bond acceptors (Lipinski definition) is 4. The second kappa shape index (κ2) is 8.33. The quantitative estimate of drug-likeness (QED) is 0.853. The highest BCUT2D eigenvalue weighted by molar-refractivity contribution is 5.91. The van der Waals surface area contributed by atoms with E-state index in [1.807, 2.05) is 30.3 Å². The van der Waals surface area contributed by atoms with Gasteiger partial charge in [0.25, 0.3) is 0 Å². The lowest BCUT2D eigenvalue weighted by Gasteiger charge is -2.34. The number of nitrogens with zero attached hydrogens (tertiary/aromatic N) is 2. The van der Waals surface area contributed by atoms with Gasteiger partial charge in [0.1, 0.15) is 5.75 Å². The summed E-state index contributed by atoms with van der Waals surface area (Å²) in [6.45, 7) is 1.80. The molecule has 0 saturated carbocycles. The smallest absolute Gasteiger partial charge is 0.244 e. The summed E-state index contributed by atoms with van der Waals surface area (Å²) >= 11 is 0. The van der Waals surface area contributed by atoms with Gasteiger partial charge in [0.05, 0.1) is 7.11 Å². The number of anilines is 1. The standard InChI is InChI=1S/C20H23N3O2/c1-25-19-8-2-7-18(13-19)23-12-4-6-17(15-23)22-20(24)10-9-16-5-3-11-21-14-16/h2-3,5,7-11,13-14,17H,4,6,12,15H2,1H3,(H,22,24)/b10-9-/t17-/m1/s1. The fourth-order valence-corrected chi connectivity index (χ4v) is 3.03. The van der Waals surface area contributed by atoms with Gasteiger partial charge < -0.3 is 15.0 Å². The zero-order chi connectivity index (χ0) is 17.5. The lowest BCUT2D eigenvalue weighted by Crippen LogP contribution is -2.47. The van der Waals surface area contributed by atoms with E-state index in [2.05, 4.69) is 21.3 Å². The number of aromatic nitrogens is 1. The first-order valence-electron chi connectivity index (χ1n) is 8.52. The average molecular weight is 337 g/mol. The molecule has 1 amide bonds. The summed E-state index contributed by atoms with van der Waals surface area (Å²) in [6, 6.07) is 12.0. The number of carbonyl (C=O) groups excluding carboxylic acids is 1. The Labute approximate surface area is 148 Å². The van der Waals surface area contributed by atoms with Crippen LogP contribution in [0.25, 0.3) is 6.08 Å². The summed E-state index contributed by atoms with van der Waals surface area (Å²) in [5, 5.41) is 3.10. The summed E-state index contributed by atoms with van der Waals surface area (Å²) in [5.41, 5.74) is 2.04. The monoisotopic (exact) mass is 337 g/mol. The molecule has 0 spiro atoms. The lowest BCUT2D eigenvalue weighted by atomic mass is 10.0. The first-order chi connectivity index (χ1) is 12.2. The number of piperidine rings is 1. The number of methoxy groups -OCH3 is 1. The van der Waals surface area contributed by atoms with E-state index in [9.17, 15) is 4.79 Å². The SMILES string of the molecule is COc1cccc(N2CCC[C@@H](NC(=O)/C=C\c3cccnc3)C2)c1. The Balaban J connectivity index is 1.57. The number of carbonyl (C=O) groups is 1. The molecule has 1 saturated heterocycles. The van der Waals surface area contributed by atoms with Crippen molar-refractivity contribution in [2.45, 2.75) is 18.9 Å². The van der Waals surface area contributed by atoms with Crippen molar-refractivity contribution in [2.24, 2.45) is 0 Å². The Hall–Kier alpha value is -2.82. The Morgan fingerprint density at radius 1 is 1.36 bits per heavy atom. The molecular weight excluding hydrogens is 314 g/mol. The zero-order valence-corrected chi connectivity index (χ0v) is 14.4. The third-order valence-corrected chi connectivity index (χ3v) is 4.30. The van der Waals surface area contributed by atoms with Crippen LogP contribution in [-0.4, -0.2) is 37.1 Å². The van der Waals surface area contributed by atoms with Gasteiger partial charge in [-0.15, -0.1) is 0 Å². The molecule has 1 atom stereocenters. The molecule has 0 radical (unpaired) electrons. The predicted molar refractivity (Wildman–Crippen MR) is 99.6 cm³/mol. The maximum absolute atomic E-state index is 12.2. The van der Waals surface area contributed by atoms with Gasteiger partial charge in [-0.2, -0.15) is 0 Å². The summed E-state index contributed by atoms with van der Waals surface area (Å²) in [6.07, 6.45) is 8.84. The van der Waals surface area contributed by atoms with Crippen molar-refractivity contribution in [1.82, 2.24) is 10.3 Å². The fourth-order valence-electron chi connectivity index (χ4n) is 3.03. The Morgan fingerprint density at radius 2 is 2.28 bits per heavy atom. The largest absolute Gasteiger partial charge is 0.497 e. The molecule has 1 N–H and O–H groups in total. The number of rotatable bonds is 5. The van der Waals surface area contributed by atoms with E-state index in [4.69, 9.17) is 4.74 Å². The summed E-state index contributed by atoms with van der Waals surface area (Å²) in [4.78, 5) is 18.5. The van der Waals surface area contributed by atoms with Crippen molar-refractivity contribution in [3.63, 3.8) is 0 Å². The second-order valence-electron chi connectivity index (χ2n) is 6.11. The van der Waals surface area contributed by atoms with E-state index in [0.717, 1.165) is 42.9 Å². The van der Waals surface area contributed by atoms with Gasteiger partial charge in [0.15, 0.2) is 0 Å². The van der Waals surface area contributed by atoms with Crippen LogP contribution in [0.5, 0.6) is 5.75 Å². The first-order valence-corrected chi connectivity index (χ1v) is 8.52. The Morgan fingerprint density at radius 3 is 3.08 bits per heavy atom. The first kappa shape index (κ1) is 17.0. The number of pyridine rings is 1. The van der Waals surface area contributed by atoms with Crippen molar-refractivity contribution in [3.05, 3.63) is 60.4 Å². The van der Waals surface area contributed by atoms with Gasteiger partial charge in [0, 0.05) is 49.4 Å². The number of benzene rings is 1. The van der Waals surface area contributed by atoms with E-state index >= 15 is 0 Å². The minimum atomic E-state index is -0.0682. The van der Waals surface area contributed by atoms with Crippen LogP contribution in [0.1, 0.15) is 18.4 Å². The number of amides is 1. The van der Waals surface area contributed by atoms with Gasteiger partial charge in [-0.3, -0.25) is 9.78 Å². The van der Waals surface area contributed by atoms with Crippen molar-refractivity contribution in [2.75, 3.05) is 25.1 Å². The number of ether oxygens (including phenoxy) is 1. The fraction of sp³-hybridized carbons (Fsp3) is 0.300. The molecule has 130 valence electrons. The molecule has 1 aliphatic rings. The van der Waals surface area contributed by atoms with E-state index in [1.165, 1.54) is 0 Å². The molecule has 5 nitrogen and oxygen atoms in total. The van der Waals surface area contributed by atoms with Crippen LogP contribution in [0.2, 0.25) is 0 Å². The molecule has 1 fully saturated rings. The summed E-state index contributed by atoms with van der Waals surface area (Å²) < 4.78 is 5.30. The van der Waals surface area contributed by atoms with E-state index in [1.54, 1.807) is 31.7 Å². The number of hydrogen-bond donors (Lipinski definition) is 1. The van der Waals surface area contributed by atoms with E-state index in [-0.39, 0.29) is 11.9 Å².